The molecule has 118 valence electrons. The zero-order valence-electron chi connectivity index (χ0n) is 13.3. The highest BCUT2D eigenvalue weighted by Gasteiger charge is 2.18. The van der Waals surface area contributed by atoms with E-state index in [0.717, 1.165) is 11.3 Å². The van der Waals surface area contributed by atoms with Gasteiger partial charge in [0.1, 0.15) is 5.75 Å². The summed E-state index contributed by atoms with van der Waals surface area (Å²) in [5, 5.41) is 2.92. The van der Waals surface area contributed by atoms with Crippen LogP contribution >= 0.6 is 0 Å². The first kappa shape index (κ1) is 17.5. The van der Waals surface area contributed by atoms with Crippen LogP contribution in [-0.4, -0.2) is 31.8 Å². The number of para-hydroxylation sites is 1. The van der Waals surface area contributed by atoms with Crippen molar-refractivity contribution in [3.63, 3.8) is 0 Å². The molecular weight excluding hydrogens is 268 g/mol. The highest BCUT2D eigenvalue weighted by Crippen LogP contribution is 2.25. The number of benzene rings is 1. The van der Waals surface area contributed by atoms with Crippen molar-refractivity contribution in [3.8, 4) is 5.75 Å². The molecule has 5 nitrogen and oxygen atoms in total. The van der Waals surface area contributed by atoms with Crippen molar-refractivity contribution < 1.29 is 14.3 Å². The second-order valence-electron chi connectivity index (χ2n) is 5.32. The fourth-order valence-corrected chi connectivity index (χ4v) is 1.97. The highest BCUT2D eigenvalue weighted by atomic mass is 16.5. The van der Waals surface area contributed by atoms with E-state index in [9.17, 15) is 4.79 Å². The Morgan fingerprint density at radius 3 is 2.57 bits per heavy atom. The number of nitrogens with two attached hydrogens (primary N) is 1. The van der Waals surface area contributed by atoms with Gasteiger partial charge in [-0.15, -0.1) is 0 Å². The van der Waals surface area contributed by atoms with Gasteiger partial charge in [0.25, 0.3) is 0 Å². The number of carbonyl (C=O) groups excluding carboxylic acids is 1. The van der Waals surface area contributed by atoms with Crippen LogP contribution in [0.4, 0.5) is 0 Å². The molecule has 3 N–H and O–H groups in total. The lowest BCUT2D eigenvalue weighted by molar-refractivity contribution is -0.123. The quantitative estimate of drug-likeness (QED) is 0.769. The second-order valence-corrected chi connectivity index (χ2v) is 5.32. The molecule has 2 unspecified atom stereocenters. The predicted molar refractivity (Wildman–Crippen MR) is 83.2 cm³/mol. The molecule has 0 saturated heterocycles. The molecular formula is C16H26N2O3. The molecule has 5 heteroatoms. The molecule has 0 spiro atoms. The van der Waals surface area contributed by atoms with Crippen LogP contribution in [0.25, 0.3) is 0 Å². The molecule has 2 atom stereocenters. The minimum Gasteiger partial charge on any atom is -0.491 e. The summed E-state index contributed by atoms with van der Waals surface area (Å²) in [6.07, 6.45) is 0.581. The summed E-state index contributed by atoms with van der Waals surface area (Å²) in [7, 11) is 1.59. The zero-order chi connectivity index (χ0) is 15.8. The maximum absolute atomic E-state index is 12.0. The number of carbonyl (C=O) groups is 1. The number of hydrogen-bond donors (Lipinski definition) is 2. The zero-order valence-corrected chi connectivity index (χ0v) is 13.3. The maximum atomic E-state index is 12.0. The van der Waals surface area contributed by atoms with Gasteiger partial charge >= 0.3 is 0 Å². The van der Waals surface area contributed by atoms with Crippen LogP contribution in [0.3, 0.4) is 0 Å². The van der Waals surface area contributed by atoms with Gasteiger partial charge in [-0.3, -0.25) is 4.79 Å². The van der Waals surface area contributed by atoms with Gasteiger partial charge in [0.15, 0.2) is 0 Å². The van der Waals surface area contributed by atoms with E-state index in [0.29, 0.717) is 13.0 Å². The molecule has 1 aromatic carbocycles. The summed E-state index contributed by atoms with van der Waals surface area (Å²) in [5.41, 5.74) is 6.77. The average Bonchev–Trinajstić information content (AvgIpc) is 2.44. The largest absolute Gasteiger partial charge is 0.491 e. The lowest BCUT2D eigenvalue weighted by atomic mass is 10.1. The summed E-state index contributed by atoms with van der Waals surface area (Å²) in [4.78, 5) is 12.0. The van der Waals surface area contributed by atoms with E-state index < -0.39 is 6.04 Å². The van der Waals surface area contributed by atoms with Crippen molar-refractivity contribution in [2.45, 2.75) is 45.4 Å². The Balaban J connectivity index is 2.70. The minimum atomic E-state index is -0.564. The van der Waals surface area contributed by atoms with Crippen LogP contribution in [0.2, 0.25) is 0 Å². The molecule has 0 aliphatic heterocycles. The Labute approximate surface area is 126 Å². The third-order valence-electron chi connectivity index (χ3n) is 3.08. The van der Waals surface area contributed by atoms with E-state index in [1.165, 1.54) is 0 Å². The molecule has 1 rings (SSSR count). The van der Waals surface area contributed by atoms with Gasteiger partial charge in [-0.05, 0) is 33.3 Å². The predicted octanol–water partition coefficient (Wildman–Crippen LogP) is 2.01. The van der Waals surface area contributed by atoms with Crippen molar-refractivity contribution in [1.82, 2.24) is 5.32 Å². The number of hydrogen-bond acceptors (Lipinski definition) is 4. The SMILES string of the molecule is COCCC(N)C(=O)NC(C)c1ccccc1OC(C)C. The molecule has 1 amide bonds. The monoisotopic (exact) mass is 294 g/mol. The van der Waals surface area contributed by atoms with E-state index in [1.807, 2.05) is 45.0 Å². The molecule has 0 saturated carbocycles. The molecule has 0 radical (unpaired) electrons. The van der Waals surface area contributed by atoms with Gasteiger partial charge in [-0.25, -0.2) is 0 Å². The lowest BCUT2D eigenvalue weighted by Gasteiger charge is -2.21. The Hall–Kier alpha value is -1.59. The molecule has 0 aliphatic rings. The molecule has 0 aliphatic carbocycles. The highest BCUT2D eigenvalue weighted by molar-refractivity contribution is 5.81. The smallest absolute Gasteiger partial charge is 0.237 e. The Kier molecular flexibility index (Phi) is 7.19. The van der Waals surface area contributed by atoms with E-state index >= 15 is 0 Å². The fraction of sp³-hybridized carbons (Fsp3) is 0.562. The van der Waals surface area contributed by atoms with Gasteiger partial charge in [0.05, 0.1) is 18.2 Å². The Bertz CT molecular complexity index is 449. The Morgan fingerprint density at radius 1 is 1.29 bits per heavy atom. The van der Waals surface area contributed by atoms with Crippen LogP contribution in [0, 0.1) is 0 Å². The van der Waals surface area contributed by atoms with Gasteiger partial charge < -0.3 is 20.5 Å². The number of methoxy groups -OCH3 is 1. The van der Waals surface area contributed by atoms with Gasteiger partial charge in [0.2, 0.25) is 5.91 Å². The number of nitrogens with one attached hydrogen (secondary N) is 1. The summed E-state index contributed by atoms with van der Waals surface area (Å²) < 4.78 is 10.7. The van der Waals surface area contributed by atoms with E-state index in [4.69, 9.17) is 15.2 Å². The van der Waals surface area contributed by atoms with Crippen LogP contribution in [0.5, 0.6) is 5.75 Å². The van der Waals surface area contributed by atoms with Gasteiger partial charge in [0, 0.05) is 19.3 Å². The average molecular weight is 294 g/mol. The third-order valence-corrected chi connectivity index (χ3v) is 3.08. The standard InChI is InChI=1S/C16H26N2O3/c1-11(2)21-15-8-6-5-7-13(15)12(3)18-16(19)14(17)9-10-20-4/h5-8,11-12,14H,9-10,17H2,1-4H3,(H,18,19). The topological polar surface area (TPSA) is 73.6 Å². The van der Waals surface area contributed by atoms with E-state index in [1.54, 1.807) is 7.11 Å². The molecule has 0 bridgehead atoms. The maximum Gasteiger partial charge on any atom is 0.237 e. The van der Waals surface area contributed by atoms with E-state index in [2.05, 4.69) is 5.32 Å². The summed E-state index contributed by atoms with van der Waals surface area (Å²) in [6, 6.07) is 6.97. The molecule has 21 heavy (non-hydrogen) atoms. The fourth-order valence-electron chi connectivity index (χ4n) is 1.97. The molecule has 1 aromatic rings. The summed E-state index contributed by atoms with van der Waals surface area (Å²) in [6.45, 7) is 6.33. The summed E-state index contributed by atoms with van der Waals surface area (Å²) >= 11 is 0. The summed E-state index contributed by atoms with van der Waals surface area (Å²) in [5.74, 6) is 0.602. The van der Waals surface area contributed by atoms with Crippen molar-refractivity contribution in [3.05, 3.63) is 29.8 Å². The van der Waals surface area contributed by atoms with Crippen molar-refractivity contribution in [1.29, 1.82) is 0 Å². The molecule has 0 fully saturated rings. The first-order valence-corrected chi connectivity index (χ1v) is 7.26. The molecule has 0 heterocycles. The molecule has 0 aromatic heterocycles. The Morgan fingerprint density at radius 2 is 1.95 bits per heavy atom. The lowest BCUT2D eigenvalue weighted by Crippen LogP contribution is -2.42. The van der Waals surface area contributed by atoms with Crippen LogP contribution < -0.4 is 15.8 Å². The van der Waals surface area contributed by atoms with Gasteiger partial charge in [-0.1, -0.05) is 18.2 Å². The van der Waals surface area contributed by atoms with Crippen LogP contribution in [-0.2, 0) is 9.53 Å². The number of amides is 1. The van der Waals surface area contributed by atoms with E-state index in [-0.39, 0.29) is 18.1 Å². The first-order valence-electron chi connectivity index (χ1n) is 7.26. The second kappa shape index (κ2) is 8.64. The normalized spacial score (nSPS) is 13.8. The third kappa shape index (κ3) is 5.73. The minimum absolute atomic E-state index is 0.0815. The van der Waals surface area contributed by atoms with Crippen molar-refractivity contribution >= 4 is 5.91 Å². The van der Waals surface area contributed by atoms with Crippen LogP contribution in [0.1, 0.15) is 38.8 Å². The van der Waals surface area contributed by atoms with Crippen molar-refractivity contribution in [2.24, 2.45) is 5.73 Å². The van der Waals surface area contributed by atoms with Gasteiger partial charge in [-0.2, -0.15) is 0 Å². The number of ether oxygens (including phenoxy) is 2. The number of rotatable bonds is 8. The first-order chi connectivity index (χ1) is 9.95. The van der Waals surface area contributed by atoms with Crippen molar-refractivity contribution in [2.75, 3.05) is 13.7 Å². The van der Waals surface area contributed by atoms with Crippen LogP contribution in [0.15, 0.2) is 24.3 Å².